The maximum atomic E-state index is 12.2. The summed E-state index contributed by atoms with van der Waals surface area (Å²) >= 11 is 0. The summed E-state index contributed by atoms with van der Waals surface area (Å²) in [6.45, 7) is 5.19. The number of aromatic nitrogens is 2. The fraction of sp³-hybridized carbons (Fsp3) is 0.750. The highest BCUT2D eigenvalue weighted by Gasteiger charge is 2.33. The van der Waals surface area contributed by atoms with Crippen molar-refractivity contribution in [1.82, 2.24) is 14.5 Å². The average molecular weight is 291 g/mol. The molecule has 0 spiro atoms. The quantitative estimate of drug-likeness (QED) is 0.807. The normalized spacial score (nSPS) is 21.4. The molecule has 0 unspecified atom stereocenters. The lowest BCUT2D eigenvalue weighted by molar-refractivity contribution is -0.132. The van der Waals surface area contributed by atoms with Crippen molar-refractivity contribution < 1.29 is 9.53 Å². The van der Waals surface area contributed by atoms with Crippen molar-refractivity contribution in [2.75, 3.05) is 20.3 Å². The first kappa shape index (κ1) is 14.6. The van der Waals surface area contributed by atoms with Crippen molar-refractivity contribution >= 4 is 5.91 Å². The van der Waals surface area contributed by atoms with E-state index in [1.807, 2.05) is 18.2 Å². The lowest BCUT2D eigenvalue weighted by Crippen LogP contribution is -2.40. The molecule has 1 aromatic heterocycles. The van der Waals surface area contributed by atoms with Crippen LogP contribution >= 0.6 is 0 Å². The van der Waals surface area contributed by atoms with E-state index in [1.165, 1.54) is 18.5 Å². The Hall–Kier alpha value is -1.36. The van der Waals surface area contributed by atoms with Crippen molar-refractivity contribution in [3.63, 3.8) is 0 Å². The Bertz CT molecular complexity index is 508. The molecular formula is C16H25N3O2. The number of fused-ring (bicyclic) bond motifs is 1. The molecule has 0 aromatic carbocycles. The molecule has 0 N–H and O–H groups in total. The first-order chi connectivity index (χ1) is 10.2. The van der Waals surface area contributed by atoms with Crippen molar-refractivity contribution in [2.45, 2.75) is 51.6 Å². The van der Waals surface area contributed by atoms with Crippen molar-refractivity contribution in [2.24, 2.45) is 5.92 Å². The van der Waals surface area contributed by atoms with E-state index >= 15 is 0 Å². The Labute approximate surface area is 126 Å². The summed E-state index contributed by atoms with van der Waals surface area (Å²) in [7, 11) is 1.73. The van der Waals surface area contributed by atoms with Crippen LogP contribution in [0.25, 0.3) is 0 Å². The van der Waals surface area contributed by atoms with Crippen LogP contribution < -0.4 is 0 Å². The van der Waals surface area contributed by atoms with Crippen LogP contribution in [0.15, 0.2) is 6.33 Å². The van der Waals surface area contributed by atoms with E-state index in [0.717, 1.165) is 31.1 Å². The number of carbonyl (C=O) groups excluding carboxylic acids is 1. The van der Waals surface area contributed by atoms with Crippen LogP contribution in [0.3, 0.4) is 0 Å². The Morgan fingerprint density at radius 2 is 2.29 bits per heavy atom. The fourth-order valence-corrected chi connectivity index (χ4v) is 3.24. The van der Waals surface area contributed by atoms with Crippen LogP contribution in [0.5, 0.6) is 0 Å². The van der Waals surface area contributed by atoms with Gasteiger partial charge in [0.15, 0.2) is 0 Å². The van der Waals surface area contributed by atoms with E-state index in [4.69, 9.17) is 4.74 Å². The summed E-state index contributed by atoms with van der Waals surface area (Å²) in [5, 5.41) is 0. The molecule has 116 valence electrons. The Morgan fingerprint density at radius 1 is 1.48 bits per heavy atom. The molecule has 5 heteroatoms. The molecular weight excluding hydrogens is 266 g/mol. The van der Waals surface area contributed by atoms with Crippen LogP contribution in [0.2, 0.25) is 0 Å². The standard InChI is InChI=1S/C16H25N3O2/c1-3-4-15(20)18-8-13(10-21-2)16-14(9-18)17-11-19(16)7-12-5-6-12/h11-13H,3-10H2,1-2H3/t13-/m0/s1. The SMILES string of the molecule is CCCC(=O)N1Cc2ncn(CC3CC3)c2[C@H](COC)C1. The molecule has 1 saturated carbocycles. The third kappa shape index (κ3) is 3.12. The molecule has 3 rings (SSSR count). The van der Waals surface area contributed by atoms with Crippen LogP contribution in [-0.4, -0.2) is 40.6 Å². The van der Waals surface area contributed by atoms with Gasteiger partial charge in [0, 0.05) is 38.2 Å². The minimum Gasteiger partial charge on any atom is -0.384 e. The van der Waals surface area contributed by atoms with Gasteiger partial charge in [0.05, 0.1) is 25.2 Å². The third-order valence-corrected chi connectivity index (χ3v) is 4.46. The first-order valence-corrected chi connectivity index (χ1v) is 8.03. The third-order valence-electron chi connectivity index (χ3n) is 4.46. The highest BCUT2D eigenvalue weighted by Crippen LogP contribution is 2.34. The van der Waals surface area contributed by atoms with E-state index in [9.17, 15) is 4.79 Å². The van der Waals surface area contributed by atoms with Gasteiger partial charge in [-0.25, -0.2) is 4.98 Å². The second kappa shape index (κ2) is 6.18. The van der Waals surface area contributed by atoms with Gasteiger partial charge in [0.1, 0.15) is 0 Å². The monoisotopic (exact) mass is 291 g/mol. The van der Waals surface area contributed by atoms with E-state index in [0.29, 0.717) is 19.6 Å². The van der Waals surface area contributed by atoms with Crippen molar-refractivity contribution in [1.29, 1.82) is 0 Å². The summed E-state index contributed by atoms with van der Waals surface area (Å²) in [4.78, 5) is 18.7. The van der Waals surface area contributed by atoms with Crippen LogP contribution in [-0.2, 0) is 22.6 Å². The molecule has 1 aromatic rings. The molecule has 1 aliphatic heterocycles. The molecule has 1 amide bonds. The predicted octanol–water partition coefficient (Wildman–Crippen LogP) is 2.17. The van der Waals surface area contributed by atoms with Gasteiger partial charge in [-0.3, -0.25) is 4.79 Å². The summed E-state index contributed by atoms with van der Waals surface area (Å²) < 4.78 is 7.70. The smallest absolute Gasteiger partial charge is 0.222 e. The summed E-state index contributed by atoms with van der Waals surface area (Å²) in [6, 6.07) is 0. The van der Waals surface area contributed by atoms with Crippen LogP contribution in [0.1, 0.15) is 49.9 Å². The van der Waals surface area contributed by atoms with Gasteiger partial charge in [-0.2, -0.15) is 0 Å². The number of carbonyl (C=O) groups is 1. The zero-order valence-corrected chi connectivity index (χ0v) is 13.0. The number of imidazole rings is 1. The molecule has 0 radical (unpaired) electrons. The maximum absolute atomic E-state index is 12.2. The van der Waals surface area contributed by atoms with E-state index in [2.05, 4.69) is 9.55 Å². The molecule has 2 aliphatic rings. The average Bonchev–Trinajstić information content (AvgIpc) is 3.19. The van der Waals surface area contributed by atoms with E-state index < -0.39 is 0 Å². The molecule has 0 saturated heterocycles. The van der Waals surface area contributed by atoms with Gasteiger partial charge in [-0.1, -0.05) is 6.92 Å². The van der Waals surface area contributed by atoms with Crippen LogP contribution in [0, 0.1) is 5.92 Å². The number of hydrogen-bond acceptors (Lipinski definition) is 3. The largest absolute Gasteiger partial charge is 0.384 e. The predicted molar refractivity (Wildman–Crippen MR) is 79.9 cm³/mol. The number of methoxy groups -OCH3 is 1. The lowest BCUT2D eigenvalue weighted by atomic mass is 9.98. The molecule has 2 heterocycles. The number of nitrogens with zero attached hydrogens (tertiary/aromatic N) is 3. The summed E-state index contributed by atoms with van der Waals surface area (Å²) in [6.07, 6.45) is 6.15. The molecule has 21 heavy (non-hydrogen) atoms. The fourth-order valence-electron chi connectivity index (χ4n) is 3.24. The summed E-state index contributed by atoms with van der Waals surface area (Å²) in [5.41, 5.74) is 2.36. The van der Waals surface area contributed by atoms with Crippen LogP contribution in [0.4, 0.5) is 0 Å². The zero-order chi connectivity index (χ0) is 14.8. The zero-order valence-electron chi connectivity index (χ0n) is 13.0. The second-order valence-electron chi connectivity index (χ2n) is 6.35. The number of amides is 1. The Balaban J connectivity index is 1.81. The van der Waals surface area contributed by atoms with Gasteiger partial charge in [-0.15, -0.1) is 0 Å². The number of rotatable bonds is 6. The Morgan fingerprint density at radius 3 is 2.95 bits per heavy atom. The topological polar surface area (TPSA) is 47.4 Å². The minimum absolute atomic E-state index is 0.237. The molecule has 0 bridgehead atoms. The maximum Gasteiger partial charge on any atom is 0.222 e. The van der Waals surface area contributed by atoms with Gasteiger partial charge in [0.2, 0.25) is 5.91 Å². The molecule has 5 nitrogen and oxygen atoms in total. The van der Waals surface area contributed by atoms with Gasteiger partial charge < -0.3 is 14.2 Å². The first-order valence-electron chi connectivity index (χ1n) is 8.03. The van der Waals surface area contributed by atoms with E-state index in [-0.39, 0.29) is 11.8 Å². The van der Waals surface area contributed by atoms with Gasteiger partial charge in [0.25, 0.3) is 0 Å². The number of ether oxygens (including phenoxy) is 1. The van der Waals surface area contributed by atoms with Gasteiger partial charge in [-0.05, 0) is 25.2 Å². The van der Waals surface area contributed by atoms with Gasteiger partial charge >= 0.3 is 0 Å². The van der Waals surface area contributed by atoms with E-state index in [1.54, 1.807) is 7.11 Å². The minimum atomic E-state index is 0.237. The number of hydrogen-bond donors (Lipinski definition) is 0. The highest BCUT2D eigenvalue weighted by atomic mass is 16.5. The highest BCUT2D eigenvalue weighted by molar-refractivity contribution is 5.76. The summed E-state index contributed by atoms with van der Waals surface area (Å²) in [5.74, 6) is 1.31. The Kier molecular flexibility index (Phi) is 4.29. The lowest BCUT2D eigenvalue weighted by Gasteiger charge is -2.33. The molecule has 1 fully saturated rings. The molecule has 1 atom stereocenters. The molecule has 1 aliphatic carbocycles. The second-order valence-corrected chi connectivity index (χ2v) is 6.35. The van der Waals surface area contributed by atoms with Crippen molar-refractivity contribution in [3.05, 3.63) is 17.7 Å². The van der Waals surface area contributed by atoms with Crippen molar-refractivity contribution in [3.8, 4) is 0 Å².